The van der Waals surface area contributed by atoms with Gasteiger partial charge in [0.2, 0.25) is 0 Å². The molecule has 1 aliphatic rings. The predicted octanol–water partition coefficient (Wildman–Crippen LogP) is 4.71. The van der Waals surface area contributed by atoms with Crippen LogP contribution >= 0.6 is 11.3 Å². The maximum Gasteiger partial charge on any atom is 0.251 e. The van der Waals surface area contributed by atoms with Crippen molar-refractivity contribution in [3.63, 3.8) is 0 Å². The molecule has 0 bridgehead atoms. The van der Waals surface area contributed by atoms with E-state index in [9.17, 15) is 13.6 Å². The molecular weight excluding hydrogens is 416 g/mol. The first-order valence-electron chi connectivity index (χ1n) is 10.4. The first-order chi connectivity index (χ1) is 15.0. The van der Waals surface area contributed by atoms with Crippen LogP contribution in [0.5, 0.6) is 0 Å². The Labute approximate surface area is 185 Å². The fraction of sp³-hybridized carbons (Fsp3) is 0.292. The van der Waals surface area contributed by atoms with Crippen LogP contribution in [0, 0.1) is 11.6 Å². The summed E-state index contributed by atoms with van der Waals surface area (Å²) in [6, 6.07) is 16.4. The Bertz CT molecular complexity index is 1000. The van der Waals surface area contributed by atoms with Crippen molar-refractivity contribution >= 4 is 22.9 Å². The lowest BCUT2D eigenvalue weighted by Gasteiger charge is -2.42. The van der Waals surface area contributed by atoms with E-state index in [0.717, 1.165) is 13.1 Å². The van der Waals surface area contributed by atoms with Crippen LogP contribution in [0.25, 0.3) is 0 Å². The minimum absolute atomic E-state index is 0.00664. The second-order valence-electron chi connectivity index (χ2n) is 7.70. The van der Waals surface area contributed by atoms with E-state index < -0.39 is 0 Å². The monoisotopic (exact) mass is 441 g/mol. The fourth-order valence-corrected chi connectivity index (χ4v) is 5.09. The van der Waals surface area contributed by atoms with E-state index >= 15 is 0 Å². The summed E-state index contributed by atoms with van der Waals surface area (Å²) in [5.74, 6) is -0.793. The summed E-state index contributed by atoms with van der Waals surface area (Å²) in [5, 5.41) is 5.12. The molecule has 7 heteroatoms. The minimum atomic E-state index is -0.367. The highest BCUT2D eigenvalue weighted by Crippen LogP contribution is 2.30. The first kappa shape index (κ1) is 21.5. The summed E-state index contributed by atoms with van der Waals surface area (Å²) < 4.78 is 27.4. The predicted molar refractivity (Wildman–Crippen MR) is 121 cm³/mol. The van der Waals surface area contributed by atoms with Crippen molar-refractivity contribution < 1.29 is 13.6 Å². The van der Waals surface area contributed by atoms with Gasteiger partial charge in [-0.1, -0.05) is 18.2 Å². The molecule has 1 aromatic heterocycles. The number of rotatable bonds is 6. The van der Waals surface area contributed by atoms with E-state index in [1.54, 1.807) is 17.4 Å². The number of para-hydroxylation sites is 1. The van der Waals surface area contributed by atoms with Gasteiger partial charge in [0.25, 0.3) is 5.91 Å². The van der Waals surface area contributed by atoms with Crippen molar-refractivity contribution in [3.05, 3.63) is 88.1 Å². The first-order valence-corrected chi connectivity index (χ1v) is 11.2. The summed E-state index contributed by atoms with van der Waals surface area (Å²) in [4.78, 5) is 18.3. The van der Waals surface area contributed by atoms with Gasteiger partial charge in [0, 0.05) is 42.7 Å². The zero-order valence-corrected chi connectivity index (χ0v) is 18.1. The molecule has 2 unspecified atom stereocenters. The van der Waals surface area contributed by atoms with Crippen molar-refractivity contribution in [2.75, 3.05) is 31.1 Å². The van der Waals surface area contributed by atoms with E-state index in [1.807, 2.05) is 30.5 Å². The molecule has 4 rings (SSSR count). The standard InChI is InChI=1S/C24H25F2N3OS/c1-17(27-24(30)18-8-10-19(25)11-9-18)23(22-7-4-16-31-22)29-14-12-28(13-15-29)21-6-3-2-5-20(21)26/h2-11,16-17,23H,12-15H2,1H3,(H,27,30). The lowest BCUT2D eigenvalue weighted by atomic mass is 10.0. The summed E-state index contributed by atoms with van der Waals surface area (Å²) in [5.41, 5.74) is 1.06. The number of hydrogen-bond acceptors (Lipinski definition) is 4. The zero-order valence-electron chi connectivity index (χ0n) is 17.3. The average molecular weight is 442 g/mol. The highest BCUT2D eigenvalue weighted by Gasteiger charge is 2.31. The molecule has 1 saturated heterocycles. The Morgan fingerprint density at radius 1 is 0.968 bits per heavy atom. The highest BCUT2D eigenvalue weighted by molar-refractivity contribution is 7.10. The Kier molecular flexibility index (Phi) is 6.63. The van der Waals surface area contributed by atoms with E-state index in [-0.39, 0.29) is 29.6 Å². The minimum Gasteiger partial charge on any atom is -0.367 e. The van der Waals surface area contributed by atoms with Gasteiger partial charge >= 0.3 is 0 Å². The molecule has 3 aromatic rings. The summed E-state index contributed by atoms with van der Waals surface area (Å²) in [6.45, 7) is 4.93. The van der Waals surface area contributed by atoms with Crippen LogP contribution in [-0.2, 0) is 0 Å². The van der Waals surface area contributed by atoms with Gasteiger partial charge < -0.3 is 10.2 Å². The van der Waals surface area contributed by atoms with Crippen molar-refractivity contribution in [2.45, 2.75) is 19.0 Å². The van der Waals surface area contributed by atoms with Gasteiger partial charge in [-0.15, -0.1) is 11.3 Å². The van der Waals surface area contributed by atoms with E-state index in [2.05, 4.69) is 21.2 Å². The molecule has 31 heavy (non-hydrogen) atoms. The number of nitrogens with one attached hydrogen (secondary N) is 1. The Balaban J connectivity index is 1.47. The third kappa shape index (κ3) is 4.94. The molecule has 1 aliphatic heterocycles. The quantitative estimate of drug-likeness (QED) is 0.602. The van der Waals surface area contributed by atoms with Crippen molar-refractivity contribution in [1.82, 2.24) is 10.2 Å². The number of anilines is 1. The molecule has 2 aromatic carbocycles. The van der Waals surface area contributed by atoms with Gasteiger partial charge in [-0.2, -0.15) is 0 Å². The van der Waals surface area contributed by atoms with Gasteiger partial charge in [-0.25, -0.2) is 8.78 Å². The third-order valence-electron chi connectivity index (χ3n) is 5.67. The van der Waals surface area contributed by atoms with Crippen LogP contribution in [-0.4, -0.2) is 43.0 Å². The summed E-state index contributed by atoms with van der Waals surface area (Å²) in [7, 11) is 0. The van der Waals surface area contributed by atoms with E-state index in [4.69, 9.17) is 0 Å². The Morgan fingerprint density at radius 2 is 1.68 bits per heavy atom. The number of nitrogens with zero attached hydrogens (tertiary/aromatic N) is 2. The second kappa shape index (κ2) is 9.58. The number of thiophene rings is 1. The lowest BCUT2D eigenvalue weighted by Crippen LogP contribution is -2.52. The van der Waals surface area contributed by atoms with Crippen molar-refractivity contribution in [1.29, 1.82) is 0 Å². The Morgan fingerprint density at radius 3 is 2.32 bits per heavy atom. The molecule has 1 fully saturated rings. The number of carbonyl (C=O) groups is 1. The maximum absolute atomic E-state index is 14.2. The molecule has 1 N–H and O–H groups in total. The normalized spacial score (nSPS) is 16.7. The van der Waals surface area contributed by atoms with Crippen LogP contribution in [0.1, 0.15) is 28.2 Å². The van der Waals surface area contributed by atoms with Crippen LogP contribution < -0.4 is 10.2 Å². The fourth-order valence-electron chi connectivity index (χ4n) is 4.12. The van der Waals surface area contributed by atoms with Crippen LogP contribution in [0.3, 0.4) is 0 Å². The molecule has 0 radical (unpaired) electrons. The van der Waals surface area contributed by atoms with Gasteiger partial charge in [0.15, 0.2) is 0 Å². The van der Waals surface area contributed by atoms with Crippen LogP contribution in [0.15, 0.2) is 66.0 Å². The van der Waals surface area contributed by atoms with Gasteiger partial charge in [-0.05, 0) is 54.8 Å². The van der Waals surface area contributed by atoms with E-state index in [0.29, 0.717) is 24.3 Å². The zero-order chi connectivity index (χ0) is 21.8. The molecule has 4 nitrogen and oxygen atoms in total. The van der Waals surface area contributed by atoms with E-state index in [1.165, 1.54) is 35.2 Å². The van der Waals surface area contributed by atoms with Crippen LogP contribution in [0.2, 0.25) is 0 Å². The number of piperazine rings is 1. The summed E-state index contributed by atoms with van der Waals surface area (Å²) in [6.07, 6.45) is 0. The second-order valence-corrected chi connectivity index (χ2v) is 8.68. The van der Waals surface area contributed by atoms with Gasteiger partial charge in [0.1, 0.15) is 11.6 Å². The average Bonchev–Trinajstić information content (AvgIpc) is 3.29. The Hall–Kier alpha value is -2.77. The number of halogens is 2. The van der Waals surface area contributed by atoms with Crippen molar-refractivity contribution in [2.24, 2.45) is 0 Å². The lowest BCUT2D eigenvalue weighted by molar-refractivity contribution is 0.0890. The topological polar surface area (TPSA) is 35.6 Å². The SMILES string of the molecule is CC(NC(=O)c1ccc(F)cc1)C(c1cccs1)N1CCN(c2ccccc2F)CC1. The molecular formula is C24H25F2N3OS. The number of hydrogen-bond donors (Lipinski definition) is 1. The highest BCUT2D eigenvalue weighted by atomic mass is 32.1. The van der Waals surface area contributed by atoms with Crippen LogP contribution in [0.4, 0.5) is 14.5 Å². The van der Waals surface area contributed by atoms with Gasteiger partial charge in [-0.3, -0.25) is 9.69 Å². The number of amides is 1. The smallest absolute Gasteiger partial charge is 0.251 e. The molecule has 162 valence electrons. The molecule has 0 aliphatic carbocycles. The number of carbonyl (C=O) groups excluding carboxylic acids is 1. The molecule has 2 atom stereocenters. The van der Waals surface area contributed by atoms with Gasteiger partial charge in [0.05, 0.1) is 11.7 Å². The molecule has 2 heterocycles. The summed E-state index contributed by atoms with van der Waals surface area (Å²) >= 11 is 1.66. The molecule has 0 saturated carbocycles. The third-order valence-corrected chi connectivity index (χ3v) is 6.62. The van der Waals surface area contributed by atoms with Crippen molar-refractivity contribution in [3.8, 4) is 0 Å². The number of benzene rings is 2. The molecule has 1 amide bonds. The molecule has 0 spiro atoms. The maximum atomic E-state index is 14.2. The largest absolute Gasteiger partial charge is 0.367 e.